The maximum absolute atomic E-state index is 13.2. The van der Waals surface area contributed by atoms with Crippen molar-refractivity contribution in [2.45, 2.75) is 6.92 Å². The number of halogens is 2. The Labute approximate surface area is 108 Å². The summed E-state index contributed by atoms with van der Waals surface area (Å²) in [7, 11) is 0. The van der Waals surface area contributed by atoms with Crippen LogP contribution in [0.2, 0.25) is 5.02 Å². The van der Waals surface area contributed by atoms with Gasteiger partial charge in [0.1, 0.15) is 11.6 Å². The number of hydrazine groups is 1. The van der Waals surface area contributed by atoms with E-state index in [1.807, 2.05) is 0 Å². The highest BCUT2D eigenvalue weighted by molar-refractivity contribution is 6.30. The molecule has 94 valence electrons. The highest BCUT2D eigenvalue weighted by atomic mass is 35.5. The number of benzene rings is 1. The zero-order valence-electron chi connectivity index (χ0n) is 9.45. The van der Waals surface area contributed by atoms with Gasteiger partial charge in [-0.15, -0.1) is 0 Å². The number of ether oxygens (including phenoxy) is 1. The van der Waals surface area contributed by atoms with Gasteiger partial charge in [0.05, 0.1) is 5.02 Å². The van der Waals surface area contributed by atoms with Crippen molar-refractivity contribution in [3.05, 3.63) is 40.8 Å². The fourth-order valence-electron chi connectivity index (χ4n) is 1.32. The quantitative estimate of drug-likeness (QED) is 0.661. The summed E-state index contributed by atoms with van der Waals surface area (Å²) in [5, 5.41) is 0.0329. The Morgan fingerprint density at radius 3 is 2.78 bits per heavy atom. The lowest BCUT2D eigenvalue weighted by Gasteiger charge is -2.07. The zero-order valence-corrected chi connectivity index (χ0v) is 10.2. The van der Waals surface area contributed by atoms with E-state index in [9.17, 15) is 4.39 Å². The van der Waals surface area contributed by atoms with Crippen molar-refractivity contribution in [1.82, 2.24) is 9.97 Å². The van der Waals surface area contributed by atoms with Gasteiger partial charge in [0.2, 0.25) is 11.8 Å². The van der Waals surface area contributed by atoms with Gasteiger partial charge in [-0.05, 0) is 19.1 Å². The third-order valence-electron chi connectivity index (χ3n) is 2.07. The number of nitrogen functional groups attached to an aromatic ring is 1. The molecule has 2 rings (SSSR count). The van der Waals surface area contributed by atoms with Crippen LogP contribution in [0.25, 0.3) is 0 Å². The molecule has 0 amide bonds. The van der Waals surface area contributed by atoms with Crippen LogP contribution in [-0.2, 0) is 0 Å². The molecule has 3 N–H and O–H groups in total. The molecule has 0 bridgehead atoms. The van der Waals surface area contributed by atoms with Crippen molar-refractivity contribution in [3.63, 3.8) is 0 Å². The van der Waals surface area contributed by atoms with Crippen LogP contribution in [0.5, 0.6) is 11.6 Å². The molecule has 0 radical (unpaired) electrons. The van der Waals surface area contributed by atoms with Crippen LogP contribution in [0.3, 0.4) is 0 Å². The maximum Gasteiger partial charge on any atom is 0.240 e. The van der Waals surface area contributed by atoms with Gasteiger partial charge in [-0.3, -0.25) is 5.43 Å². The van der Waals surface area contributed by atoms with E-state index in [0.29, 0.717) is 5.69 Å². The fraction of sp³-hybridized carbons (Fsp3) is 0.0909. The maximum atomic E-state index is 13.2. The average Bonchev–Trinajstić information content (AvgIpc) is 2.33. The van der Waals surface area contributed by atoms with E-state index in [0.717, 1.165) is 0 Å². The minimum absolute atomic E-state index is 0.0329. The lowest BCUT2D eigenvalue weighted by atomic mass is 10.3. The first-order valence-corrected chi connectivity index (χ1v) is 5.41. The number of nitrogens with zero attached hydrogens (tertiary/aromatic N) is 2. The number of hydrogen-bond donors (Lipinski definition) is 2. The van der Waals surface area contributed by atoms with Crippen LogP contribution >= 0.6 is 11.6 Å². The smallest absolute Gasteiger partial charge is 0.240 e. The van der Waals surface area contributed by atoms with Gasteiger partial charge in [-0.25, -0.2) is 15.2 Å². The molecule has 5 nitrogen and oxygen atoms in total. The highest BCUT2D eigenvalue weighted by Gasteiger charge is 2.06. The van der Waals surface area contributed by atoms with Crippen molar-refractivity contribution < 1.29 is 9.13 Å². The summed E-state index contributed by atoms with van der Waals surface area (Å²) in [4.78, 5) is 7.98. The van der Waals surface area contributed by atoms with E-state index in [1.54, 1.807) is 19.1 Å². The second-order valence-corrected chi connectivity index (χ2v) is 3.90. The van der Waals surface area contributed by atoms with Gasteiger partial charge in [0.25, 0.3) is 0 Å². The molecule has 7 heteroatoms. The Balaban J connectivity index is 2.27. The lowest BCUT2D eigenvalue weighted by molar-refractivity contribution is 0.457. The molecule has 0 saturated carbocycles. The molecule has 2 aromatic rings. The Bertz CT molecular complexity index is 579. The summed E-state index contributed by atoms with van der Waals surface area (Å²) in [5.74, 6) is 5.43. The largest absolute Gasteiger partial charge is 0.439 e. The standard InChI is InChI=1S/C11H10ClFN4O/c1-6-4-10(16-11(15-6)17-14)18-7-2-3-8(12)9(13)5-7/h2-5H,14H2,1H3,(H,15,16,17). The van der Waals surface area contributed by atoms with Crippen molar-refractivity contribution in [3.8, 4) is 11.6 Å². The van der Waals surface area contributed by atoms with Gasteiger partial charge < -0.3 is 4.74 Å². The number of aromatic nitrogens is 2. The van der Waals surface area contributed by atoms with Crippen molar-refractivity contribution in [1.29, 1.82) is 0 Å². The number of anilines is 1. The summed E-state index contributed by atoms with van der Waals surface area (Å²) in [6.07, 6.45) is 0. The van der Waals surface area contributed by atoms with E-state index in [1.165, 1.54) is 12.1 Å². The normalized spacial score (nSPS) is 10.2. The molecule has 0 saturated heterocycles. The van der Waals surface area contributed by atoms with Gasteiger partial charge in [0, 0.05) is 17.8 Å². The van der Waals surface area contributed by atoms with Crippen molar-refractivity contribution in [2.75, 3.05) is 5.43 Å². The molecule has 0 unspecified atom stereocenters. The summed E-state index contributed by atoms with van der Waals surface area (Å²) < 4.78 is 18.6. The molecular weight excluding hydrogens is 259 g/mol. The average molecular weight is 269 g/mol. The molecule has 1 heterocycles. The second kappa shape index (κ2) is 5.16. The first-order chi connectivity index (χ1) is 8.58. The van der Waals surface area contributed by atoms with Crippen LogP contribution in [0.15, 0.2) is 24.3 Å². The van der Waals surface area contributed by atoms with E-state index >= 15 is 0 Å². The molecule has 0 aliphatic heterocycles. The van der Waals surface area contributed by atoms with Crippen LogP contribution < -0.4 is 16.0 Å². The highest BCUT2D eigenvalue weighted by Crippen LogP contribution is 2.25. The Morgan fingerprint density at radius 1 is 1.33 bits per heavy atom. The molecule has 1 aromatic carbocycles. The number of nitrogens with one attached hydrogen (secondary N) is 1. The molecule has 0 spiro atoms. The minimum Gasteiger partial charge on any atom is -0.439 e. The molecule has 0 fully saturated rings. The summed E-state index contributed by atoms with van der Waals surface area (Å²) in [6.45, 7) is 1.76. The fourth-order valence-corrected chi connectivity index (χ4v) is 1.44. The zero-order chi connectivity index (χ0) is 13.1. The third-order valence-corrected chi connectivity index (χ3v) is 2.38. The van der Waals surface area contributed by atoms with Gasteiger partial charge in [-0.2, -0.15) is 4.98 Å². The first kappa shape index (κ1) is 12.5. The summed E-state index contributed by atoms with van der Waals surface area (Å²) >= 11 is 5.57. The van der Waals surface area contributed by atoms with Gasteiger partial charge >= 0.3 is 0 Å². The van der Waals surface area contributed by atoms with Gasteiger partial charge in [0.15, 0.2) is 0 Å². The van der Waals surface area contributed by atoms with E-state index in [2.05, 4.69) is 15.4 Å². The topological polar surface area (TPSA) is 73.1 Å². The monoisotopic (exact) mass is 268 g/mol. The second-order valence-electron chi connectivity index (χ2n) is 3.49. The predicted molar refractivity (Wildman–Crippen MR) is 66.1 cm³/mol. The molecule has 0 aliphatic carbocycles. The van der Waals surface area contributed by atoms with E-state index in [-0.39, 0.29) is 22.6 Å². The van der Waals surface area contributed by atoms with E-state index < -0.39 is 5.82 Å². The Morgan fingerprint density at radius 2 is 2.11 bits per heavy atom. The predicted octanol–water partition coefficient (Wildman–Crippen LogP) is 2.66. The SMILES string of the molecule is Cc1cc(Oc2ccc(Cl)c(F)c2)nc(NN)n1. The first-order valence-electron chi connectivity index (χ1n) is 5.03. The minimum atomic E-state index is -0.558. The molecular formula is C11H10ClFN4O. The Kier molecular flexibility index (Phi) is 3.59. The molecule has 1 aromatic heterocycles. The van der Waals surface area contributed by atoms with E-state index in [4.69, 9.17) is 22.2 Å². The van der Waals surface area contributed by atoms with Crippen molar-refractivity contribution >= 4 is 17.5 Å². The molecule has 0 aliphatic rings. The van der Waals surface area contributed by atoms with Crippen LogP contribution in [0, 0.1) is 12.7 Å². The molecule has 18 heavy (non-hydrogen) atoms. The number of aryl methyl sites for hydroxylation is 1. The van der Waals surface area contributed by atoms with Gasteiger partial charge in [-0.1, -0.05) is 11.6 Å². The summed E-state index contributed by atoms with van der Waals surface area (Å²) in [5.41, 5.74) is 2.99. The van der Waals surface area contributed by atoms with Crippen molar-refractivity contribution in [2.24, 2.45) is 5.84 Å². The van der Waals surface area contributed by atoms with Crippen LogP contribution in [0.1, 0.15) is 5.69 Å². The summed E-state index contributed by atoms with van der Waals surface area (Å²) in [6, 6.07) is 5.73. The molecule has 0 atom stereocenters. The third kappa shape index (κ3) is 2.85. The lowest BCUT2D eigenvalue weighted by Crippen LogP contribution is -2.11. The number of rotatable bonds is 3. The number of hydrogen-bond acceptors (Lipinski definition) is 5. The number of nitrogens with two attached hydrogens (primary N) is 1. The van der Waals surface area contributed by atoms with Crippen LogP contribution in [-0.4, -0.2) is 9.97 Å². The Hall–Kier alpha value is -1.92. The van der Waals surface area contributed by atoms with Crippen LogP contribution in [0.4, 0.5) is 10.3 Å².